The summed E-state index contributed by atoms with van der Waals surface area (Å²) in [5.41, 5.74) is 7.18. The lowest BCUT2D eigenvalue weighted by atomic mass is 10.1. The molecule has 0 atom stereocenters. The molecule has 0 unspecified atom stereocenters. The molecule has 0 aromatic heterocycles. The third-order valence-electron chi connectivity index (χ3n) is 2.13. The number of carbonyl (C=O) groups excluding carboxylic acids is 1. The summed E-state index contributed by atoms with van der Waals surface area (Å²) in [5, 5.41) is 11.5. The molecule has 0 radical (unpaired) electrons. The molecule has 76 valence electrons. The van der Waals surface area contributed by atoms with Crippen LogP contribution in [0.1, 0.15) is 11.1 Å². The van der Waals surface area contributed by atoms with Crippen molar-refractivity contribution in [1.82, 2.24) is 0 Å². The van der Waals surface area contributed by atoms with E-state index in [1.807, 2.05) is 6.07 Å². The molecule has 1 heterocycles. The molecule has 15 heavy (non-hydrogen) atoms. The van der Waals surface area contributed by atoms with Crippen molar-refractivity contribution in [2.75, 3.05) is 11.9 Å². The van der Waals surface area contributed by atoms with Gasteiger partial charge in [-0.25, -0.2) is 0 Å². The van der Waals surface area contributed by atoms with E-state index in [-0.39, 0.29) is 12.5 Å². The zero-order chi connectivity index (χ0) is 10.8. The van der Waals surface area contributed by atoms with E-state index in [1.54, 1.807) is 12.1 Å². The lowest BCUT2D eigenvalue weighted by molar-refractivity contribution is -0.118. The van der Waals surface area contributed by atoms with Crippen LogP contribution in [0.2, 0.25) is 0 Å². The average Bonchev–Trinajstić information content (AvgIpc) is 2.26. The Kier molecular flexibility index (Phi) is 2.27. The highest BCUT2D eigenvalue weighted by Gasteiger charge is 2.19. The zero-order valence-corrected chi connectivity index (χ0v) is 7.91. The van der Waals surface area contributed by atoms with Gasteiger partial charge in [0.05, 0.1) is 11.3 Å². The molecule has 0 aliphatic carbocycles. The van der Waals surface area contributed by atoms with Gasteiger partial charge in [0.25, 0.3) is 5.91 Å². The van der Waals surface area contributed by atoms with Gasteiger partial charge in [-0.2, -0.15) is 5.26 Å². The van der Waals surface area contributed by atoms with E-state index in [0.29, 0.717) is 23.5 Å². The van der Waals surface area contributed by atoms with Crippen molar-refractivity contribution < 1.29 is 9.53 Å². The molecule has 3 N–H and O–H groups in total. The molecule has 1 aliphatic rings. The summed E-state index contributed by atoms with van der Waals surface area (Å²) in [7, 11) is 0. The van der Waals surface area contributed by atoms with Crippen LogP contribution in [0.4, 0.5) is 5.69 Å². The molecule has 5 nitrogen and oxygen atoms in total. The molecule has 0 bridgehead atoms. The van der Waals surface area contributed by atoms with Gasteiger partial charge in [-0.15, -0.1) is 0 Å². The van der Waals surface area contributed by atoms with Crippen LogP contribution < -0.4 is 15.8 Å². The molecule has 1 aromatic carbocycles. The number of nitrogens with zero attached hydrogens (tertiary/aromatic N) is 1. The second-order valence-electron chi connectivity index (χ2n) is 3.17. The van der Waals surface area contributed by atoms with Gasteiger partial charge >= 0.3 is 0 Å². The minimum Gasteiger partial charge on any atom is -0.480 e. The summed E-state index contributed by atoms with van der Waals surface area (Å²) in [6.07, 6.45) is 0. The second kappa shape index (κ2) is 3.59. The average molecular weight is 203 g/mol. The zero-order valence-electron chi connectivity index (χ0n) is 7.91. The predicted molar refractivity (Wildman–Crippen MR) is 53.2 cm³/mol. The van der Waals surface area contributed by atoms with Crippen molar-refractivity contribution in [3.8, 4) is 11.8 Å². The van der Waals surface area contributed by atoms with Crippen LogP contribution in [-0.4, -0.2) is 12.5 Å². The highest BCUT2D eigenvalue weighted by molar-refractivity contribution is 5.96. The van der Waals surface area contributed by atoms with Crippen LogP contribution in [0, 0.1) is 11.3 Å². The normalized spacial score (nSPS) is 13.5. The van der Waals surface area contributed by atoms with Crippen LogP contribution in [0.5, 0.6) is 5.75 Å². The number of hydrogen-bond donors (Lipinski definition) is 2. The van der Waals surface area contributed by atoms with Crippen LogP contribution >= 0.6 is 0 Å². The molecule has 5 heteroatoms. The quantitative estimate of drug-likeness (QED) is 0.689. The van der Waals surface area contributed by atoms with Crippen molar-refractivity contribution in [3.63, 3.8) is 0 Å². The minimum atomic E-state index is -0.222. The number of ether oxygens (including phenoxy) is 1. The van der Waals surface area contributed by atoms with Crippen molar-refractivity contribution in [3.05, 3.63) is 23.3 Å². The van der Waals surface area contributed by atoms with Gasteiger partial charge < -0.3 is 15.8 Å². The SMILES string of the molecule is N#Cc1cc(CN)cc2c1OCC(=O)N2. The number of nitrogens with one attached hydrogen (secondary N) is 1. The van der Waals surface area contributed by atoms with E-state index in [0.717, 1.165) is 5.56 Å². The minimum absolute atomic E-state index is 0.0519. The Hall–Kier alpha value is -2.06. The summed E-state index contributed by atoms with van der Waals surface area (Å²) >= 11 is 0. The Morgan fingerprint density at radius 3 is 3.07 bits per heavy atom. The Labute approximate surface area is 86.4 Å². The Morgan fingerprint density at radius 1 is 1.60 bits per heavy atom. The van der Waals surface area contributed by atoms with Crippen molar-refractivity contribution in [2.24, 2.45) is 5.73 Å². The number of fused-ring (bicyclic) bond motifs is 1. The third kappa shape index (κ3) is 1.63. The molecule has 0 saturated heterocycles. The Balaban J connectivity index is 2.55. The summed E-state index contributed by atoms with van der Waals surface area (Å²) in [6.45, 7) is 0.265. The molecule has 0 spiro atoms. The maximum absolute atomic E-state index is 11.1. The van der Waals surface area contributed by atoms with Crippen molar-refractivity contribution in [2.45, 2.75) is 6.54 Å². The molecule has 1 aromatic rings. The number of rotatable bonds is 1. The van der Waals surface area contributed by atoms with Gasteiger partial charge in [-0.1, -0.05) is 0 Å². The summed E-state index contributed by atoms with van der Waals surface area (Å²) in [6, 6.07) is 5.39. The van der Waals surface area contributed by atoms with E-state index in [9.17, 15) is 4.79 Å². The van der Waals surface area contributed by atoms with Crippen LogP contribution in [0.15, 0.2) is 12.1 Å². The van der Waals surface area contributed by atoms with Gasteiger partial charge in [0.1, 0.15) is 6.07 Å². The standard InChI is InChI=1S/C10H9N3O2/c11-3-6-1-7(4-12)10-8(2-6)13-9(14)5-15-10/h1-2H,3,5,11H2,(H,13,14). The monoisotopic (exact) mass is 203 g/mol. The third-order valence-corrected chi connectivity index (χ3v) is 2.13. The van der Waals surface area contributed by atoms with Crippen LogP contribution in [0.3, 0.4) is 0 Å². The number of amides is 1. The predicted octanol–water partition coefficient (Wildman–Crippen LogP) is 0.348. The van der Waals surface area contributed by atoms with E-state index in [1.165, 1.54) is 0 Å². The highest BCUT2D eigenvalue weighted by atomic mass is 16.5. The van der Waals surface area contributed by atoms with Crippen molar-refractivity contribution in [1.29, 1.82) is 5.26 Å². The number of nitriles is 1. The highest BCUT2D eigenvalue weighted by Crippen LogP contribution is 2.32. The molecule has 2 rings (SSSR count). The fourth-order valence-corrected chi connectivity index (χ4v) is 1.46. The van der Waals surface area contributed by atoms with E-state index >= 15 is 0 Å². The number of carbonyl (C=O) groups is 1. The van der Waals surface area contributed by atoms with Gasteiger partial charge in [0.2, 0.25) is 0 Å². The largest absolute Gasteiger partial charge is 0.480 e. The van der Waals surface area contributed by atoms with Crippen molar-refractivity contribution >= 4 is 11.6 Å². The smallest absolute Gasteiger partial charge is 0.262 e. The maximum Gasteiger partial charge on any atom is 0.262 e. The Bertz CT molecular complexity index is 462. The number of anilines is 1. The molecule has 0 fully saturated rings. The molecule has 1 amide bonds. The Morgan fingerprint density at radius 2 is 2.40 bits per heavy atom. The molecular formula is C10H9N3O2. The van der Waals surface area contributed by atoms with Crippen LogP contribution in [0.25, 0.3) is 0 Å². The number of hydrogen-bond acceptors (Lipinski definition) is 4. The van der Waals surface area contributed by atoms with E-state index in [2.05, 4.69) is 5.32 Å². The first kappa shape index (κ1) is 9.49. The molecular weight excluding hydrogens is 194 g/mol. The lowest BCUT2D eigenvalue weighted by Crippen LogP contribution is -2.26. The van der Waals surface area contributed by atoms with E-state index < -0.39 is 0 Å². The number of benzene rings is 1. The fraction of sp³-hybridized carbons (Fsp3) is 0.200. The van der Waals surface area contributed by atoms with Gasteiger partial charge in [-0.05, 0) is 17.7 Å². The summed E-state index contributed by atoms with van der Waals surface area (Å²) in [4.78, 5) is 11.1. The number of nitrogens with two attached hydrogens (primary N) is 1. The van der Waals surface area contributed by atoms with E-state index in [4.69, 9.17) is 15.7 Å². The molecule has 1 aliphatic heterocycles. The fourth-order valence-electron chi connectivity index (χ4n) is 1.46. The topological polar surface area (TPSA) is 88.1 Å². The van der Waals surface area contributed by atoms with Gasteiger partial charge in [0.15, 0.2) is 12.4 Å². The summed E-state index contributed by atoms with van der Waals surface area (Å²) in [5.74, 6) is 0.204. The van der Waals surface area contributed by atoms with Crippen LogP contribution in [-0.2, 0) is 11.3 Å². The lowest BCUT2D eigenvalue weighted by Gasteiger charge is -2.19. The maximum atomic E-state index is 11.1. The first-order valence-electron chi connectivity index (χ1n) is 4.44. The first-order chi connectivity index (χ1) is 7.24. The molecule has 0 saturated carbocycles. The summed E-state index contributed by atoms with van der Waals surface area (Å²) < 4.78 is 5.18. The second-order valence-corrected chi connectivity index (χ2v) is 3.17. The van der Waals surface area contributed by atoms with Gasteiger partial charge in [0, 0.05) is 6.54 Å². The first-order valence-corrected chi connectivity index (χ1v) is 4.44. The van der Waals surface area contributed by atoms with Gasteiger partial charge in [-0.3, -0.25) is 4.79 Å².